The van der Waals surface area contributed by atoms with Crippen molar-refractivity contribution in [2.75, 3.05) is 13.2 Å². The van der Waals surface area contributed by atoms with Gasteiger partial charge >= 0.3 is 0 Å². The van der Waals surface area contributed by atoms with E-state index in [1.165, 1.54) is 6.92 Å². The highest BCUT2D eigenvalue weighted by molar-refractivity contribution is 5.81. The van der Waals surface area contributed by atoms with Gasteiger partial charge in [-0.1, -0.05) is 0 Å². The topological polar surface area (TPSA) is 171 Å². The first-order valence-electron chi connectivity index (χ1n) is 5.69. The Hall–Kier alpha value is -0.810. The van der Waals surface area contributed by atoms with Crippen molar-refractivity contribution in [3.05, 3.63) is 0 Å². The summed E-state index contributed by atoms with van der Waals surface area (Å²) in [6, 6.07) is 0. The van der Waals surface area contributed by atoms with Crippen molar-refractivity contribution < 1.29 is 40.5 Å². The Morgan fingerprint density at radius 3 is 1.95 bits per heavy atom. The summed E-state index contributed by atoms with van der Waals surface area (Å²) in [5.74, 6) is -1.06. The zero-order valence-corrected chi connectivity index (χ0v) is 10.4. The number of nitrogens with one attached hydrogen (secondary N) is 1. The molecule has 0 aromatic rings. The Morgan fingerprint density at radius 2 is 1.53 bits per heavy atom. The van der Waals surface area contributed by atoms with E-state index in [1.54, 1.807) is 0 Å². The van der Waals surface area contributed by atoms with Gasteiger partial charge in [0, 0.05) is 6.54 Å². The van der Waals surface area contributed by atoms with Crippen LogP contribution in [-0.4, -0.2) is 91.4 Å². The van der Waals surface area contributed by atoms with Gasteiger partial charge in [-0.2, -0.15) is 0 Å². The molecule has 0 aliphatic rings. The third-order valence-electron chi connectivity index (χ3n) is 2.44. The molecule has 9 heteroatoms. The van der Waals surface area contributed by atoms with Crippen LogP contribution >= 0.6 is 0 Å². The number of amides is 1. The van der Waals surface area contributed by atoms with Crippen LogP contribution in [0.1, 0.15) is 6.92 Å². The van der Waals surface area contributed by atoms with Crippen LogP contribution in [0.2, 0.25) is 0 Å². The lowest BCUT2D eigenvalue weighted by Gasteiger charge is -2.28. The van der Waals surface area contributed by atoms with Crippen molar-refractivity contribution in [3.63, 3.8) is 0 Å². The predicted molar refractivity (Wildman–Crippen MR) is 61.8 cm³/mol. The van der Waals surface area contributed by atoms with E-state index in [9.17, 15) is 25.2 Å². The molecule has 0 radical (unpaired) electrons. The average molecular weight is 283 g/mol. The maximum absolute atomic E-state index is 11.3. The number of carbonyl (C=O) groups excluding carboxylic acids is 1. The van der Waals surface area contributed by atoms with Gasteiger partial charge in [0.2, 0.25) is 0 Å². The van der Waals surface area contributed by atoms with E-state index in [-0.39, 0.29) is 6.54 Å². The molecule has 2 unspecified atom stereocenters. The summed E-state index contributed by atoms with van der Waals surface area (Å²) in [4.78, 5) is 11.3. The highest BCUT2D eigenvalue weighted by atomic mass is 16.4. The van der Waals surface area contributed by atoms with Gasteiger partial charge in [0.1, 0.15) is 24.4 Å². The number of carbonyl (C=O) groups is 1. The zero-order valence-electron chi connectivity index (χ0n) is 10.4. The molecule has 0 heterocycles. The number of aliphatic hydroxyl groups is 7. The largest absolute Gasteiger partial charge is 0.394 e. The molecule has 9 nitrogen and oxygen atoms in total. The Balaban J connectivity index is 4.45. The van der Waals surface area contributed by atoms with E-state index >= 15 is 0 Å². The lowest BCUT2D eigenvalue weighted by molar-refractivity contribution is -0.157. The molecule has 1 amide bonds. The average Bonchev–Trinajstić information content (AvgIpc) is 2.40. The van der Waals surface area contributed by atoms with Crippen molar-refractivity contribution in [2.45, 2.75) is 43.5 Å². The van der Waals surface area contributed by atoms with Crippen LogP contribution in [0.25, 0.3) is 0 Å². The smallest absolute Gasteiger partial charge is 0.251 e. The van der Waals surface area contributed by atoms with Crippen molar-refractivity contribution in [2.24, 2.45) is 0 Å². The first kappa shape index (κ1) is 18.2. The van der Waals surface area contributed by atoms with E-state index < -0.39 is 49.1 Å². The lowest BCUT2D eigenvalue weighted by atomic mass is 9.99. The monoisotopic (exact) mass is 283 g/mol. The Bertz CT molecular complexity index is 274. The summed E-state index contributed by atoms with van der Waals surface area (Å²) < 4.78 is 0. The van der Waals surface area contributed by atoms with Gasteiger partial charge in [-0.15, -0.1) is 0 Å². The summed E-state index contributed by atoms with van der Waals surface area (Å²) in [6.07, 6.45) is -10.7. The second kappa shape index (κ2) is 8.38. The molecule has 19 heavy (non-hydrogen) atoms. The molecule has 0 aliphatic carbocycles. The standard InChI is InChI=1S/C10H21NO8/c1-4(13)2-11-10(19)9(18)8(17)7(16)6(15)5(14)3-12/h4-9,12-18H,2-3H2,1H3,(H,11,19)/t4?,5?,6-,7-,8+,9-/m1/s1. The van der Waals surface area contributed by atoms with Crippen LogP contribution in [0.15, 0.2) is 0 Å². The van der Waals surface area contributed by atoms with Crippen LogP contribution in [0.5, 0.6) is 0 Å². The summed E-state index contributed by atoms with van der Waals surface area (Å²) in [5, 5.41) is 66.2. The Morgan fingerprint density at radius 1 is 1.00 bits per heavy atom. The molecular formula is C10H21NO8. The number of hydrogen-bond acceptors (Lipinski definition) is 8. The fourth-order valence-corrected chi connectivity index (χ4v) is 1.23. The molecule has 0 fully saturated rings. The summed E-state index contributed by atoms with van der Waals surface area (Å²) in [5.41, 5.74) is 0. The molecule has 0 bridgehead atoms. The van der Waals surface area contributed by atoms with Crippen molar-refractivity contribution >= 4 is 5.91 Å². The molecule has 0 aromatic carbocycles. The SMILES string of the molecule is CC(O)CNC(=O)[C@H](O)[C@@H](O)[C@H](O)[C@H](O)C(O)CO. The number of hydrogen-bond donors (Lipinski definition) is 8. The maximum Gasteiger partial charge on any atom is 0.251 e. The minimum atomic E-state index is -2.06. The first-order valence-corrected chi connectivity index (χ1v) is 5.69. The Kier molecular flexibility index (Phi) is 8.02. The highest BCUT2D eigenvalue weighted by Gasteiger charge is 2.36. The molecule has 0 saturated heterocycles. The van der Waals surface area contributed by atoms with Gasteiger partial charge in [0.15, 0.2) is 6.10 Å². The first-order chi connectivity index (χ1) is 8.72. The number of aliphatic hydroxyl groups excluding tert-OH is 7. The summed E-state index contributed by atoms with van der Waals surface area (Å²) in [6.45, 7) is 0.356. The van der Waals surface area contributed by atoms with Crippen LogP contribution in [0, 0.1) is 0 Å². The molecule has 0 aromatic heterocycles. The highest BCUT2D eigenvalue weighted by Crippen LogP contribution is 2.08. The van der Waals surface area contributed by atoms with Crippen molar-refractivity contribution in [1.29, 1.82) is 0 Å². The lowest BCUT2D eigenvalue weighted by Crippen LogP contribution is -2.54. The Labute approximate surface area is 109 Å². The van der Waals surface area contributed by atoms with E-state index in [0.29, 0.717) is 0 Å². The van der Waals surface area contributed by atoms with Crippen LogP contribution in [-0.2, 0) is 4.79 Å². The third-order valence-corrected chi connectivity index (χ3v) is 2.44. The molecule has 0 spiro atoms. The molecular weight excluding hydrogens is 262 g/mol. The van der Waals surface area contributed by atoms with Gasteiger partial charge in [-0.25, -0.2) is 0 Å². The molecule has 0 rings (SSSR count). The zero-order chi connectivity index (χ0) is 15.2. The minimum absolute atomic E-state index is 0.166. The van der Waals surface area contributed by atoms with Gasteiger partial charge < -0.3 is 41.1 Å². The second-order valence-electron chi connectivity index (χ2n) is 4.26. The van der Waals surface area contributed by atoms with Gasteiger partial charge in [-0.05, 0) is 6.92 Å². The quantitative estimate of drug-likeness (QED) is 0.219. The van der Waals surface area contributed by atoms with Gasteiger partial charge in [-0.3, -0.25) is 4.79 Å². The normalized spacial score (nSPS) is 21.1. The number of rotatable bonds is 8. The molecule has 114 valence electrons. The minimum Gasteiger partial charge on any atom is -0.394 e. The molecule has 0 saturated carbocycles. The van der Waals surface area contributed by atoms with Crippen LogP contribution in [0.3, 0.4) is 0 Å². The maximum atomic E-state index is 11.3. The van der Waals surface area contributed by atoms with E-state index in [0.717, 1.165) is 0 Å². The van der Waals surface area contributed by atoms with Gasteiger partial charge in [0.05, 0.1) is 12.7 Å². The summed E-state index contributed by atoms with van der Waals surface area (Å²) in [7, 11) is 0. The van der Waals surface area contributed by atoms with E-state index in [4.69, 9.17) is 15.3 Å². The van der Waals surface area contributed by atoms with Crippen molar-refractivity contribution in [3.8, 4) is 0 Å². The van der Waals surface area contributed by atoms with Crippen LogP contribution < -0.4 is 5.32 Å². The summed E-state index contributed by atoms with van der Waals surface area (Å²) >= 11 is 0. The van der Waals surface area contributed by atoms with Crippen molar-refractivity contribution in [1.82, 2.24) is 5.32 Å². The van der Waals surface area contributed by atoms with Crippen LogP contribution in [0.4, 0.5) is 0 Å². The molecule has 8 N–H and O–H groups in total. The van der Waals surface area contributed by atoms with E-state index in [1.807, 2.05) is 0 Å². The second-order valence-corrected chi connectivity index (χ2v) is 4.26. The molecule has 6 atom stereocenters. The fraction of sp³-hybridized carbons (Fsp3) is 0.900. The third kappa shape index (κ3) is 5.78. The van der Waals surface area contributed by atoms with E-state index in [2.05, 4.69) is 5.32 Å². The molecule has 0 aliphatic heterocycles. The predicted octanol–water partition coefficient (Wildman–Crippen LogP) is -4.72. The fourth-order valence-electron chi connectivity index (χ4n) is 1.23. The van der Waals surface area contributed by atoms with Gasteiger partial charge in [0.25, 0.3) is 5.91 Å².